The molecule has 1 aliphatic heterocycles. The topological polar surface area (TPSA) is 50.4 Å². The molecule has 1 saturated heterocycles. The summed E-state index contributed by atoms with van der Waals surface area (Å²) in [5.41, 5.74) is 0.488. The van der Waals surface area contributed by atoms with Crippen molar-refractivity contribution in [3.63, 3.8) is 0 Å². The van der Waals surface area contributed by atoms with Crippen LogP contribution in [0.5, 0.6) is 0 Å². The molecule has 2 rings (SSSR count). The average molecular weight is 301 g/mol. The molecule has 110 valence electrons. The van der Waals surface area contributed by atoms with E-state index in [1.54, 1.807) is 0 Å². The van der Waals surface area contributed by atoms with Crippen LogP contribution in [0, 0.1) is 11.7 Å². The van der Waals surface area contributed by atoms with Crippen LogP contribution < -0.4 is 10.6 Å². The van der Waals surface area contributed by atoms with Gasteiger partial charge in [0, 0.05) is 11.7 Å². The van der Waals surface area contributed by atoms with Gasteiger partial charge in [0.05, 0.1) is 24.2 Å². The molecular formula is C14H18ClFN2O2. The van der Waals surface area contributed by atoms with E-state index in [0.717, 1.165) is 13.0 Å². The number of hydrogen-bond donors (Lipinski definition) is 2. The Morgan fingerprint density at radius 2 is 2.30 bits per heavy atom. The van der Waals surface area contributed by atoms with Crippen molar-refractivity contribution in [1.82, 2.24) is 5.32 Å². The van der Waals surface area contributed by atoms with Gasteiger partial charge in [-0.1, -0.05) is 18.5 Å². The summed E-state index contributed by atoms with van der Waals surface area (Å²) >= 11 is 5.69. The third-order valence-electron chi connectivity index (χ3n) is 3.26. The summed E-state index contributed by atoms with van der Waals surface area (Å²) in [6, 6.07) is 4.14. The minimum absolute atomic E-state index is 0.00821. The van der Waals surface area contributed by atoms with Crippen LogP contribution in [0.4, 0.5) is 10.1 Å². The van der Waals surface area contributed by atoms with Gasteiger partial charge >= 0.3 is 0 Å². The smallest absolute Gasteiger partial charge is 0.231 e. The van der Waals surface area contributed by atoms with Crippen molar-refractivity contribution in [2.45, 2.75) is 19.4 Å². The summed E-state index contributed by atoms with van der Waals surface area (Å²) in [5, 5.41) is 6.04. The lowest BCUT2D eigenvalue weighted by molar-refractivity contribution is -0.120. The Labute approximate surface area is 122 Å². The second-order valence-electron chi connectivity index (χ2n) is 4.82. The number of nitrogens with one attached hydrogen (secondary N) is 2. The van der Waals surface area contributed by atoms with Gasteiger partial charge in [-0.2, -0.15) is 0 Å². The highest BCUT2D eigenvalue weighted by atomic mass is 35.5. The number of rotatable bonds is 5. The summed E-state index contributed by atoms with van der Waals surface area (Å²) in [6.07, 6.45) is 0.998. The fraction of sp³-hybridized carbons (Fsp3) is 0.500. The lowest BCUT2D eigenvalue weighted by Crippen LogP contribution is -2.41. The van der Waals surface area contributed by atoms with Crippen molar-refractivity contribution in [1.29, 1.82) is 0 Å². The van der Waals surface area contributed by atoms with Crippen LogP contribution >= 0.6 is 11.6 Å². The van der Waals surface area contributed by atoms with Gasteiger partial charge in [-0.15, -0.1) is 0 Å². The first-order valence-electron chi connectivity index (χ1n) is 6.69. The predicted octanol–water partition coefficient (Wildman–Crippen LogP) is 2.43. The molecule has 0 aliphatic carbocycles. The number of hydrogen-bond acceptors (Lipinski definition) is 3. The van der Waals surface area contributed by atoms with Crippen molar-refractivity contribution in [2.75, 3.05) is 25.1 Å². The van der Waals surface area contributed by atoms with E-state index in [-0.39, 0.29) is 22.9 Å². The Morgan fingerprint density at radius 1 is 1.50 bits per heavy atom. The molecule has 1 aliphatic rings. The Balaban J connectivity index is 1.98. The number of carbonyl (C=O) groups excluding carboxylic acids is 1. The van der Waals surface area contributed by atoms with Gasteiger partial charge in [0.1, 0.15) is 5.82 Å². The normalized spacial score (nSPS) is 21.9. The third kappa shape index (κ3) is 3.69. The summed E-state index contributed by atoms with van der Waals surface area (Å²) in [7, 11) is 0. The monoisotopic (exact) mass is 300 g/mol. The van der Waals surface area contributed by atoms with Gasteiger partial charge < -0.3 is 15.4 Å². The van der Waals surface area contributed by atoms with Crippen molar-refractivity contribution in [2.24, 2.45) is 5.92 Å². The maximum atomic E-state index is 13.1. The number of benzene rings is 1. The summed E-state index contributed by atoms with van der Waals surface area (Å²) < 4.78 is 18.4. The standard InChI is InChI=1S/C14H18ClFN2O2/c1-2-5-17-13-8-20-7-10(13)14(19)18-9-3-4-12(16)11(15)6-9/h3-4,6,10,13,17H,2,5,7-8H2,1H3,(H,18,19). The number of ether oxygens (including phenoxy) is 1. The Bertz CT molecular complexity index is 484. The molecule has 2 N–H and O–H groups in total. The van der Waals surface area contributed by atoms with Crippen LogP contribution in [0.3, 0.4) is 0 Å². The van der Waals surface area contributed by atoms with Gasteiger partial charge in [-0.25, -0.2) is 4.39 Å². The molecule has 6 heteroatoms. The van der Waals surface area contributed by atoms with Gasteiger partial charge in [0.2, 0.25) is 5.91 Å². The molecule has 0 aromatic heterocycles. The molecule has 0 spiro atoms. The molecule has 1 fully saturated rings. The lowest BCUT2D eigenvalue weighted by Gasteiger charge is -2.18. The number of amides is 1. The largest absolute Gasteiger partial charge is 0.379 e. The zero-order chi connectivity index (χ0) is 14.5. The highest BCUT2D eigenvalue weighted by Gasteiger charge is 2.33. The van der Waals surface area contributed by atoms with Gasteiger partial charge in [0.25, 0.3) is 0 Å². The van der Waals surface area contributed by atoms with Crippen LogP contribution in [0.2, 0.25) is 5.02 Å². The molecule has 1 heterocycles. The van der Waals surface area contributed by atoms with Crippen LogP contribution in [-0.4, -0.2) is 31.7 Å². The van der Waals surface area contributed by atoms with Crippen molar-refractivity contribution >= 4 is 23.2 Å². The van der Waals surface area contributed by atoms with Gasteiger partial charge in [0.15, 0.2) is 0 Å². The summed E-state index contributed by atoms with van der Waals surface area (Å²) in [5.74, 6) is -0.888. The first-order valence-corrected chi connectivity index (χ1v) is 7.06. The highest BCUT2D eigenvalue weighted by Crippen LogP contribution is 2.21. The average Bonchev–Trinajstić information content (AvgIpc) is 2.89. The molecule has 20 heavy (non-hydrogen) atoms. The minimum atomic E-state index is -0.503. The molecule has 1 aromatic carbocycles. The number of carbonyl (C=O) groups is 1. The molecular weight excluding hydrogens is 283 g/mol. The van der Waals surface area contributed by atoms with Gasteiger partial charge in [-0.05, 0) is 31.2 Å². The fourth-order valence-electron chi connectivity index (χ4n) is 2.15. The van der Waals surface area contributed by atoms with E-state index < -0.39 is 5.82 Å². The summed E-state index contributed by atoms with van der Waals surface area (Å²) in [6.45, 7) is 3.84. The van der Waals surface area contributed by atoms with Crippen LogP contribution in [0.15, 0.2) is 18.2 Å². The Morgan fingerprint density at radius 3 is 3.00 bits per heavy atom. The van der Waals surface area contributed by atoms with E-state index >= 15 is 0 Å². The van der Waals surface area contributed by atoms with Crippen LogP contribution in [-0.2, 0) is 9.53 Å². The van der Waals surface area contributed by atoms with Crippen molar-refractivity contribution in [3.05, 3.63) is 29.0 Å². The first-order chi connectivity index (χ1) is 9.61. The van der Waals surface area contributed by atoms with Crippen molar-refractivity contribution in [3.8, 4) is 0 Å². The number of halogens is 2. The predicted molar refractivity (Wildman–Crippen MR) is 76.4 cm³/mol. The Hall–Kier alpha value is -1.17. The SMILES string of the molecule is CCCNC1COCC1C(=O)Nc1ccc(F)c(Cl)c1. The van der Waals surface area contributed by atoms with Gasteiger partial charge in [-0.3, -0.25) is 4.79 Å². The maximum Gasteiger partial charge on any atom is 0.231 e. The van der Waals surface area contributed by atoms with Crippen molar-refractivity contribution < 1.29 is 13.9 Å². The quantitative estimate of drug-likeness (QED) is 0.878. The van der Waals surface area contributed by atoms with E-state index in [2.05, 4.69) is 17.6 Å². The molecule has 4 nitrogen and oxygen atoms in total. The molecule has 0 radical (unpaired) electrons. The maximum absolute atomic E-state index is 13.1. The highest BCUT2D eigenvalue weighted by molar-refractivity contribution is 6.31. The number of anilines is 1. The molecule has 1 amide bonds. The molecule has 0 saturated carbocycles. The van der Waals surface area contributed by atoms with E-state index in [4.69, 9.17) is 16.3 Å². The Kier molecular flexibility index (Phi) is 5.34. The van der Waals surface area contributed by atoms with E-state index in [1.807, 2.05) is 0 Å². The third-order valence-corrected chi connectivity index (χ3v) is 3.55. The molecule has 2 unspecified atom stereocenters. The second-order valence-corrected chi connectivity index (χ2v) is 5.23. The second kappa shape index (κ2) is 7.02. The minimum Gasteiger partial charge on any atom is -0.379 e. The fourth-order valence-corrected chi connectivity index (χ4v) is 2.33. The van der Waals surface area contributed by atoms with Crippen LogP contribution in [0.25, 0.3) is 0 Å². The first kappa shape index (κ1) is 15.2. The van der Waals surface area contributed by atoms with E-state index in [0.29, 0.717) is 18.9 Å². The molecule has 1 aromatic rings. The van der Waals surface area contributed by atoms with Crippen LogP contribution in [0.1, 0.15) is 13.3 Å². The molecule has 2 atom stereocenters. The summed E-state index contributed by atoms with van der Waals surface area (Å²) in [4.78, 5) is 12.2. The lowest BCUT2D eigenvalue weighted by atomic mass is 10.0. The zero-order valence-electron chi connectivity index (χ0n) is 11.3. The zero-order valence-corrected chi connectivity index (χ0v) is 12.0. The van der Waals surface area contributed by atoms with E-state index in [9.17, 15) is 9.18 Å². The molecule has 0 bridgehead atoms. The van der Waals surface area contributed by atoms with E-state index in [1.165, 1.54) is 18.2 Å².